The molecule has 8 nitrogen and oxygen atoms in total. The van der Waals surface area contributed by atoms with Crippen molar-refractivity contribution in [3.63, 3.8) is 0 Å². The molecule has 0 radical (unpaired) electrons. The number of methoxy groups -OCH3 is 2. The van der Waals surface area contributed by atoms with Crippen LogP contribution in [-0.4, -0.2) is 62.1 Å². The van der Waals surface area contributed by atoms with Crippen LogP contribution in [0.1, 0.15) is 25.7 Å². The molecule has 1 saturated carbocycles. The summed E-state index contributed by atoms with van der Waals surface area (Å²) < 4.78 is 10.6. The Morgan fingerprint density at radius 1 is 1.11 bits per heavy atom. The molecule has 2 fully saturated rings. The number of guanidine groups is 1. The average Bonchev–Trinajstić information content (AvgIpc) is 3.28. The quantitative estimate of drug-likeness (QED) is 0.369. The third kappa shape index (κ3) is 4.47. The normalized spacial score (nSPS) is 18.0. The van der Waals surface area contributed by atoms with Crippen LogP contribution in [0.3, 0.4) is 0 Å². The summed E-state index contributed by atoms with van der Waals surface area (Å²) in [5.41, 5.74) is 0.653. The van der Waals surface area contributed by atoms with Crippen LogP contribution in [0.4, 0.5) is 5.69 Å². The molecule has 150 valence electrons. The van der Waals surface area contributed by atoms with E-state index in [9.17, 15) is 4.79 Å². The van der Waals surface area contributed by atoms with Gasteiger partial charge in [-0.15, -0.1) is 0 Å². The first-order chi connectivity index (χ1) is 13.7. The number of benzene rings is 1. The van der Waals surface area contributed by atoms with Gasteiger partial charge in [0.2, 0.25) is 11.9 Å². The molecular weight excluding hydrogens is 358 g/mol. The molecule has 1 aliphatic carbocycles. The molecule has 1 aromatic carbocycles. The second-order valence-corrected chi connectivity index (χ2v) is 7.01. The zero-order chi connectivity index (χ0) is 19.9. The Morgan fingerprint density at radius 2 is 1.75 bits per heavy atom. The summed E-state index contributed by atoms with van der Waals surface area (Å²) in [5.74, 6) is 2.15. The monoisotopic (exact) mass is 385 g/mol. The number of aliphatic imine (C=N–C) groups is 1. The van der Waals surface area contributed by atoms with Crippen molar-refractivity contribution < 1.29 is 14.3 Å². The first-order valence-electron chi connectivity index (χ1n) is 9.66. The summed E-state index contributed by atoms with van der Waals surface area (Å²) in [5, 5.41) is 11.8. The third-order valence-corrected chi connectivity index (χ3v) is 5.37. The van der Waals surface area contributed by atoms with Gasteiger partial charge in [-0.05, 0) is 25.0 Å². The van der Waals surface area contributed by atoms with E-state index in [1.807, 2.05) is 16.0 Å². The second kappa shape index (κ2) is 9.31. The Hall–Kier alpha value is -2.95. The highest BCUT2D eigenvalue weighted by Gasteiger charge is 2.30. The van der Waals surface area contributed by atoms with Crippen molar-refractivity contribution >= 4 is 17.6 Å². The zero-order valence-corrected chi connectivity index (χ0v) is 16.5. The molecule has 1 aliphatic heterocycles. The Bertz CT molecular complexity index is 760. The molecule has 8 heteroatoms. The lowest BCUT2D eigenvalue weighted by Gasteiger charge is -2.36. The van der Waals surface area contributed by atoms with Gasteiger partial charge in [0.25, 0.3) is 0 Å². The molecule has 0 spiro atoms. The van der Waals surface area contributed by atoms with E-state index in [4.69, 9.17) is 14.7 Å². The number of amides is 1. The van der Waals surface area contributed by atoms with E-state index >= 15 is 0 Å². The Morgan fingerprint density at radius 3 is 2.36 bits per heavy atom. The zero-order valence-electron chi connectivity index (χ0n) is 16.5. The number of nitrogens with zero attached hydrogens (tertiary/aromatic N) is 4. The van der Waals surface area contributed by atoms with E-state index in [1.54, 1.807) is 32.4 Å². The van der Waals surface area contributed by atoms with E-state index in [0.717, 1.165) is 25.7 Å². The lowest BCUT2D eigenvalue weighted by atomic mass is 10.1. The van der Waals surface area contributed by atoms with Gasteiger partial charge in [0.05, 0.1) is 19.9 Å². The van der Waals surface area contributed by atoms with Gasteiger partial charge in [0, 0.05) is 38.2 Å². The van der Waals surface area contributed by atoms with E-state index < -0.39 is 0 Å². The highest BCUT2D eigenvalue weighted by atomic mass is 16.5. The summed E-state index contributed by atoms with van der Waals surface area (Å²) >= 11 is 0. The average molecular weight is 385 g/mol. The fourth-order valence-corrected chi connectivity index (χ4v) is 3.81. The van der Waals surface area contributed by atoms with Crippen molar-refractivity contribution in [1.82, 2.24) is 15.1 Å². The van der Waals surface area contributed by atoms with Gasteiger partial charge in [-0.1, -0.05) is 12.8 Å². The Balaban J connectivity index is 1.68. The molecule has 0 unspecified atom stereocenters. The third-order valence-electron chi connectivity index (χ3n) is 5.37. The van der Waals surface area contributed by atoms with E-state index in [1.165, 1.54) is 0 Å². The summed E-state index contributed by atoms with van der Waals surface area (Å²) in [4.78, 5) is 21.1. The van der Waals surface area contributed by atoms with Crippen molar-refractivity contribution in [3.8, 4) is 17.7 Å². The van der Waals surface area contributed by atoms with E-state index in [-0.39, 0.29) is 11.8 Å². The van der Waals surface area contributed by atoms with Crippen LogP contribution in [0.15, 0.2) is 23.2 Å². The molecule has 1 aromatic rings. The lowest BCUT2D eigenvalue weighted by Crippen LogP contribution is -2.54. The van der Waals surface area contributed by atoms with Gasteiger partial charge >= 0.3 is 0 Å². The van der Waals surface area contributed by atoms with Gasteiger partial charge in [0.1, 0.15) is 0 Å². The summed E-state index contributed by atoms with van der Waals surface area (Å²) in [6.07, 6.45) is 6.30. The summed E-state index contributed by atoms with van der Waals surface area (Å²) in [6.45, 7) is 2.57. The number of hydrogen-bond donors (Lipinski definition) is 1. The van der Waals surface area contributed by atoms with Gasteiger partial charge < -0.3 is 19.3 Å². The highest BCUT2D eigenvalue weighted by molar-refractivity contribution is 5.85. The molecule has 3 rings (SSSR count). The Labute approximate surface area is 165 Å². The minimum atomic E-state index is 0.198. The smallest absolute Gasteiger partial charge is 0.225 e. The minimum absolute atomic E-state index is 0.198. The fourth-order valence-electron chi connectivity index (χ4n) is 3.81. The lowest BCUT2D eigenvalue weighted by molar-refractivity contribution is -0.136. The van der Waals surface area contributed by atoms with Crippen molar-refractivity contribution in [1.29, 1.82) is 5.26 Å². The van der Waals surface area contributed by atoms with Gasteiger partial charge in [0.15, 0.2) is 17.7 Å². The predicted molar refractivity (Wildman–Crippen MR) is 106 cm³/mol. The van der Waals surface area contributed by atoms with E-state index in [2.05, 4.69) is 10.3 Å². The largest absolute Gasteiger partial charge is 0.493 e. The van der Waals surface area contributed by atoms with Crippen LogP contribution in [-0.2, 0) is 4.79 Å². The number of carbonyl (C=O) groups excluding carboxylic acids is 1. The predicted octanol–water partition coefficient (Wildman–Crippen LogP) is 2.10. The van der Waals surface area contributed by atoms with Crippen LogP contribution in [0.2, 0.25) is 0 Å². The maximum atomic E-state index is 12.6. The van der Waals surface area contributed by atoms with Gasteiger partial charge in [-0.25, -0.2) is 4.99 Å². The molecule has 1 heterocycles. The van der Waals surface area contributed by atoms with Crippen LogP contribution in [0.25, 0.3) is 0 Å². The molecular formula is C20H27N5O3. The molecule has 2 aliphatic rings. The Kier molecular flexibility index (Phi) is 6.58. The molecule has 0 atom stereocenters. The molecule has 1 amide bonds. The number of piperazine rings is 1. The van der Waals surface area contributed by atoms with Crippen molar-refractivity contribution in [3.05, 3.63) is 18.2 Å². The summed E-state index contributed by atoms with van der Waals surface area (Å²) in [6, 6.07) is 5.35. The number of hydrogen-bond acceptors (Lipinski definition) is 5. The second-order valence-electron chi connectivity index (χ2n) is 7.01. The highest BCUT2D eigenvalue weighted by Crippen LogP contribution is 2.31. The van der Waals surface area contributed by atoms with Crippen LogP contribution < -0.4 is 14.8 Å². The molecule has 0 aromatic heterocycles. The van der Waals surface area contributed by atoms with Crippen molar-refractivity contribution in [2.24, 2.45) is 10.9 Å². The van der Waals surface area contributed by atoms with Gasteiger partial charge in [-0.3, -0.25) is 10.1 Å². The topological polar surface area (TPSA) is 90.2 Å². The molecule has 0 bridgehead atoms. The van der Waals surface area contributed by atoms with Crippen molar-refractivity contribution in [2.75, 3.05) is 40.4 Å². The van der Waals surface area contributed by atoms with Gasteiger partial charge in [-0.2, -0.15) is 5.26 Å². The van der Waals surface area contributed by atoms with E-state index in [0.29, 0.717) is 49.3 Å². The minimum Gasteiger partial charge on any atom is -0.493 e. The van der Waals surface area contributed by atoms with Crippen LogP contribution in [0.5, 0.6) is 11.5 Å². The molecule has 1 N–H and O–H groups in total. The molecule has 1 saturated heterocycles. The first-order valence-corrected chi connectivity index (χ1v) is 9.66. The first kappa shape index (κ1) is 19.8. The van der Waals surface area contributed by atoms with Crippen molar-refractivity contribution in [2.45, 2.75) is 25.7 Å². The standard InChI is InChI=1S/C20H27N5O3/c1-27-17-8-7-16(13-18(17)28-2)23-20(22-14-21)25-11-9-24(10-12-25)19(26)15-5-3-4-6-15/h7-8,13,15H,3-6,9-12H2,1-2H3,(H,22,23). The number of ether oxygens (including phenoxy) is 2. The SMILES string of the molecule is COc1ccc(N=C(NC#N)N2CCN(C(=O)C3CCCC3)CC2)cc1OC. The maximum Gasteiger partial charge on any atom is 0.225 e. The van der Waals surface area contributed by atoms with Crippen LogP contribution in [0, 0.1) is 17.4 Å². The molecule has 28 heavy (non-hydrogen) atoms. The fraction of sp³-hybridized carbons (Fsp3) is 0.550. The number of nitrogens with one attached hydrogen (secondary N) is 1. The number of carbonyl (C=O) groups is 1. The summed E-state index contributed by atoms with van der Waals surface area (Å²) in [7, 11) is 3.15. The maximum absolute atomic E-state index is 12.6. The number of rotatable bonds is 4. The van der Waals surface area contributed by atoms with Crippen LogP contribution >= 0.6 is 0 Å². The number of nitriles is 1.